The number of hydrogen-bond acceptors (Lipinski definition) is 3. The van der Waals surface area contributed by atoms with Crippen LogP contribution in [0.2, 0.25) is 0 Å². The molecule has 3 atom stereocenters. The topological polar surface area (TPSA) is 54.0 Å². The van der Waals surface area contributed by atoms with Gasteiger partial charge >= 0.3 is 0 Å². The van der Waals surface area contributed by atoms with E-state index in [2.05, 4.69) is 22.5 Å². The molecule has 0 aromatic carbocycles. The summed E-state index contributed by atoms with van der Waals surface area (Å²) in [5, 5.41) is 6.33. The fraction of sp³-hybridized carbons (Fsp3) is 0.647. The molecule has 21 heavy (non-hydrogen) atoms. The van der Waals surface area contributed by atoms with E-state index in [1.807, 2.05) is 6.07 Å². The quantitative estimate of drug-likeness (QED) is 0.845. The van der Waals surface area contributed by atoms with Crippen LogP contribution < -0.4 is 10.6 Å². The van der Waals surface area contributed by atoms with Gasteiger partial charge in [0.15, 0.2) is 0 Å². The lowest BCUT2D eigenvalue weighted by atomic mass is 9.89. The van der Waals surface area contributed by atoms with Gasteiger partial charge in [-0.2, -0.15) is 0 Å². The lowest BCUT2D eigenvalue weighted by Crippen LogP contribution is -2.32. The molecule has 1 heterocycles. The minimum atomic E-state index is -0.0418. The van der Waals surface area contributed by atoms with Gasteiger partial charge in [0, 0.05) is 13.1 Å². The van der Waals surface area contributed by atoms with Crippen LogP contribution >= 0.6 is 0 Å². The van der Waals surface area contributed by atoms with E-state index in [-0.39, 0.29) is 5.91 Å². The number of amides is 1. The molecule has 0 saturated heterocycles. The van der Waals surface area contributed by atoms with Gasteiger partial charge in [-0.1, -0.05) is 13.3 Å². The summed E-state index contributed by atoms with van der Waals surface area (Å²) in [4.78, 5) is 16.4. The molecule has 4 heteroatoms. The van der Waals surface area contributed by atoms with Crippen molar-refractivity contribution in [3.8, 4) is 0 Å². The third-order valence-corrected chi connectivity index (χ3v) is 4.98. The Morgan fingerprint density at radius 2 is 2.24 bits per heavy atom. The number of rotatable bonds is 6. The van der Waals surface area contributed by atoms with E-state index in [9.17, 15) is 4.79 Å². The second-order valence-electron chi connectivity index (χ2n) is 6.50. The average Bonchev–Trinajstić information content (AvgIpc) is 3.14. The molecule has 3 unspecified atom stereocenters. The Morgan fingerprint density at radius 1 is 1.33 bits per heavy atom. The van der Waals surface area contributed by atoms with E-state index >= 15 is 0 Å². The molecule has 0 radical (unpaired) electrons. The monoisotopic (exact) mass is 287 g/mol. The first-order chi connectivity index (χ1) is 10.3. The van der Waals surface area contributed by atoms with Crippen molar-refractivity contribution in [3.05, 3.63) is 24.0 Å². The second kappa shape index (κ2) is 6.46. The van der Waals surface area contributed by atoms with Crippen molar-refractivity contribution < 1.29 is 4.79 Å². The van der Waals surface area contributed by atoms with Gasteiger partial charge in [-0.15, -0.1) is 0 Å². The van der Waals surface area contributed by atoms with Gasteiger partial charge in [0.2, 0.25) is 0 Å². The van der Waals surface area contributed by atoms with Gasteiger partial charge in [0.05, 0.1) is 11.9 Å². The number of carbonyl (C=O) groups is 1. The van der Waals surface area contributed by atoms with E-state index < -0.39 is 0 Å². The van der Waals surface area contributed by atoms with Gasteiger partial charge in [-0.25, -0.2) is 4.98 Å². The molecule has 3 rings (SSSR count). The fourth-order valence-corrected chi connectivity index (χ4v) is 3.84. The normalized spacial score (nSPS) is 26.8. The maximum absolute atomic E-state index is 12.1. The highest BCUT2D eigenvalue weighted by atomic mass is 16.1. The van der Waals surface area contributed by atoms with E-state index in [1.54, 1.807) is 12.3 Å². The van der Waals surface area contributed by atoms with E-state index in [4.69, 9.17) is 0 Å². The third kappa shape index (κ3) is 3.36. The predicted molar refractivity (Wildman–Crippen MR) is 84.3 cm³/mol. The molecule has 2 fully saturated rings. The zero-order valence-electron chi connectivity index (χ0n) is 12.8. The van der Waals surface area contributed by atoms with E-state index in [1.165, 1.54) is 25.7 Å². The second-order valence-corrected chi connectivity index (χ2v) is 6.50. The Labute approximate surface area is 126 Å². The lowest BCUT2D eigenvalue weighted by molar-refractivity contribution is 0.0937. The first kappa shape index (κ1) is 14.4. The predicted octanol–water partition coefficient (Wildman–Crippen LogP) is 3.07. The highest BCUT2D eigenvalue weighted by Crippen LogP contribution is 2.47. The Kier molecular flexibility index (Phi) is 4.42. The molecule has 4 nitrogen and oxygen atoms in total. The van der Waals surface area contributed by atoms with Crippen molar-refractivity contribution in [2.75, 3.05) is 18.4 Å². The van der Waals surface area contributed by atoms with Crippen LogP contribution in [0.25, 0.3) is 0 Å². The third-order valence-electron chi connectivity index (χ3n) is 4.98. The minimum Gasteiger partial charge on any atom is -0.384 e. The molecule has 0 spiro atoms. The van der Waals surface area contributed by atoms with Crippen LogP contribution in [0, 0.1) is 17.8 Å². The van der Waals surface area contributed by atoms with Crippen LogP contribution in [0.5, 0.6) is 0 Å². The molecular formula is C17H25N3O. The van der Waals surface area contributed by atoms with Gasteiger partial charge < -0.3 is 10.6 Å². The molecule has 2 saturated carbocycles. The number of carbonyl (C=O) groups excluding carboxylic acids is 1. The van der Waals surface area contributed by atoms with Crippen LogP contribution in [0.3, 0.4) is 0 Å². The summed E-state index contributed by atoms with van der Waals surface area (Å²) in [7, 11) is 0. The van der Waals surface area contributed by atoms with Crippen molar-refractivity contribution in [2.24, 2.45) is 17.8 Å². The molecule has 2 aliphatic carbocycles. The molecule has 114 valence electrons. The summed E-state index contributed by atoms with van der Waals surface area (Å²) in [6.07, 6.45) is 8.27. The average molecular weight is 287 g/mol. The van der Waals surface area contributed by atoms with Crippen LogP contribution in [0.15, 0.2) is 18.3 Å². The minimum absolute atomic E-state index is 0.0418. The summed E-state index contributed by atoms with van der Waals surface area (Å²) >= 11 is 0. The van der Waals surface area contributed by atoms with Crippen molar-refractivity contribution in [3.63, 3.8) is 0 Å². The maximum Gasteiger partial charge on any atom is 0.269 e. The molecule has 1 amide bonds. The lowest BCUT2D eigenvalue weighted by Gasteiger charge is -2.21. The Bertz CT molecular complexity index is 485. The molecule has 1 aromatic rings. The molecule has 0 aliphatic heterocycles. The van der Waals surface area contributed by atoms with Gasteiger partial charge in [0.1, 0.15) is 5.69 Å². The van der Waals surface area contributed by atoms with Crippen molar-refractivity contribution in [1.82, 2.24) is 10.3 Å². The largest absolute Gasteiger partial charge is 0.384 e. The Hall–Kier alpha value is -1.58. The summed E-state index contributed by atoms with van der Waals surface area (Å²) in [5.74, 6) is 2.43. The van der Waals surface area contributed by atoms with Crippen LogP contribution in [-0.4, -0.2) is 24.0 Å². The van der Waals surface area contributed by atoms with E-state index in [0.29, 0.717) is 11.6 Å². The number of fused-ring (bicyclic) bond motifs is 2. The summed E-state index contributed by atoms with van der Waals surface area (Å²) in [6, 6.07) is 3.73. The van der Waals surface area contributed by atoms with Crippen LogP contribution in [-0.2, 0) is 0 Å². The van der Waals surface area contributed by atoms with E-state index in [0.717, 1.165) is 37.0 Å². The molecule has 2 bridgehead atoms. The van der Waals surface area contributed by atoms with Crippen LogP contribution in [0.4, 0.5) is 5.69 Å². The molecule has 2 N–H and O–H groups in total. The standard InChI is InChI=1S/C17H25N3O/c1-2-7-18-15-5-6-16(19-11-15)17(21)20-10-14-9-12-3-4-13(14)8-12/h5-6,11-14,18H,2-4,7-10H2,1H3,(H,20,21). The highest BCUT2D eigenvalue weighted by Gasteiger charge is 2.39. The van der Waals surface area contributed by atoms with Crippen molar-refractivity contribution in [1.29, 1.82) is 0 Å². The first-order valence-corrected chi connectivity index (χ1v) is 8.24. The Morgan fingerprint density at radius 3 is 2.86 bits per heavy atom. The summed E-state index contributed by atoms with van der Waals surface area (Å²) in [6.45, 7) is 3.87. The van der Waals surface area contributed by atoms with Gasteiger partial charge in [-0.3, -0.25) is 4.79 Å². The number of aromatic nitrogens is 1. The number of nitrogens with zero attached hydrogens (tertiary/aromatic N) is 1. The summed E-state index contributed by atoms with van der Waals surface area (Å²) < 4.78 is 0. The number of nitrogens with one attached hydrogen (secondary N) is 2. The number of hydrogen-bond donors (Lipinski definition) is 2. The number of pyridine rings is 1. The number of anilines is 1. The van der Waals surface area contributed by atoms with Crippen molar-refractivity contribution in [2.45, 2.75) is 39.0 Å². The fourth-order valence-electron chi connectivity index (χ4n) is 3.84. The first-order valence-electron chi connectivity index (χ1n) is 8.24. The SMILES string of the molecule is CCCNc1ccc(C(=O)NCC2CC3CCC2C3)nc1. The molecule has 2 aliphatic rings. The Balaban J connectivity index is 1.48. The zero-order chi connectivity index (χ0) is 14.7. The van der Waals surface area contributed by atoms with Crippen LogP contribution in [0.1, 0.15) is 49.5 Å². The van der Waals surface area contributed by atoms with Crippen molar-refractivity contribution >= 4 is 11.6 Å². The van der Waals surface area contributed by atoms with Gasteiger partial charge in [0.25, 0.3) is 5.91 Å². The highest BCUT2D eigenvalue weighted by molar-refractivity contribution is 5.92. The molecular weight excluding hydrogens is 262 g/mol. The molecule has 1 aromatic heterocycles. The zero-order valence-corrected chi connectivity index (χ0v) is 12.8. The van der Waals surface area contributed by atoms with Gasteiger partial charge in [-0.05, 0) is 55.6 Å². The maximum atomic E-state index is 12.1. The summed E-state index contributed by atoms with van der Waals surface area (Å²) in [5.41, 5.74) is 1.49. The smallest absolute Gasteiger partial charge is 0.269 e.